The van der Waals surface area contributed by atoms with E-state index in [1.165, 1.54) is 50.1 Å². The third kappa shape index (κ3) is 3.41. The van der Waals surface area contributed by atoms with Crippen molar-refractivity contribution in [1.82, 2.24) is 15.2 Å². The van der Waals surface area contributed by atoms with Gasteiger partial charge in [-0.15, -0.1) is 11.3 Å². The Bertz CT molecular complexity index is 386. The van der Waals surface area contributed by atoms with Crippen molar-refractivity contribution in [2.24, 2.45) is 5.92 Å². The van der Waals surface area contributed by atoms with Gasteiger partial charge in [0.05, 0.1) is 6.54 Å². The molecule has 1 aromatic rings. The first-order valence-electron chi connectivity index (χ1n) is 8.22. The average Bonchev–Trinajstić information content (AvgIpc) is 3.01. The van der Waals surface area contributed by atoms with Crippen LogP contribution in [0.1, 0.15) is 50.5 Å². The fourth-order valence-electron chi connectivity index (χ4n) is 3.84. The molecular weight excluding hydrogens is 266 g/mol. The summed E-state index contributed by atoms with van der Waals surface area (Å²) in [5, 5.41) is 7.21. The normalized spacial score (nSPS) is 29.6. The Balaban J connectivity index is 1.62. The maximum Gasteiger partial charge on any atom is 0.107 e. The number of aromatic nitrogens is 1. The van der Waals surface area contributed by atoms with Crippen LogP contribution in [0.3, 0.4) is 0 Å². The van der Waals surface area contributed by atoms with Crippen molar-refractivity contribution in [3.05, 3.63) is 16.6 Å². The summed E-state index contributed by atoms with van der Waals surface area (Å²) in [6, 6.07) is 1.39. The number of hydrogen-bond donors (Lipinski definition) is 1. The maximum atomic E-state index is 4.47. The van der Waals surface area contributed by atoms with Crippen LogP contribution in [-0.4, -0.2) is 35.1 Å². The molecule has 0 amide bonds. The van der Waals surface area contributed by atoms with Gasteiger partial charge in [0.25, 0.3) is 0 Å². The highest BCUT2D eigenvalue weighted by Gasteiger charge is 2.32. The summed E-state index contributed by atoms with van der Waals surface area (Å²) < 4.78 is 0. The topological polar surface area (TPSA) is 28.2 Å². The van der Waals surface area contributed by atoms with Gasteiger partial charge in [0.1, 0.15) is 5.01 Å². The Morgan fingerprint density at radius 2 is 2.20 bits per heavy atom. The van der Waals surface area contributed by atoms with Gasteiger partial charge in [0.15, 0.2) is 0 Å². The molecule has 1 saturated carbocycles. The monoisotopic (exact) mass is 293 g/mol. The average molecular weight is 293 g/mol. The first-order chi connectivity index (χ1) is 9.86. The number of nitrogens with one attached hydrogen (secondary N) is 1. The van der Waals surface area contributed by atoms with Crippen molar-refractivity contribution in [1.29, 1.82) is 0 Å². The Hall–Kier alpha value is -0.450. The molecule has 112 valence electrons. The summed E-state index contributed by atoms with van der Waals surface area (Å²) in [7, 11) is 0. The lowest BCUT2D eigenvalue weighted by molar-refractivity contribution is 0.0873. The van der Waals surface area contributed by atoms with Crippen LogP contribution in [0.15, 0.2) is 11.6 Å². The summed E-state index contributed by atoms with van der Waals surface area (Å²) in [4.78, 5) is 7.15. The predicted molar refractivity (Wildman–Crippen MR) is 85.0 cm³/mol. The smallest absolute Gasteiger partial charge is 0.107 e. The third-order valence-corrected chi connectivity index (χ3v) is 5.84. The first kappa shape index (κ1) is 14.5. The van der Waals surface area contributed by atoms with Crippen molar-refractivity contribution in [3.8, 4) is 0 Å². The van der Waals surface area contributed by atoms with Gasteiger partial charge in [-0.25, -0.2) is 4.98 Å². The molecule has 3 rings (SSSR count). The van der Waals surface area contributed by atoms with E-state index in [2.05, 4.69) is 27.5 Å². The van der Waals surface area contributed by atoms with Crippen molar-refractivity contribution in [3.63, 3.8) is 0 Å². The number of nitrogens with zero attached hydrogens (tertiary/aromatic N) is 2. The lowest BCUT2D eigenvalue weighted by Gasteiger charge is -2.43. The van der Waals surface area contributed by atoms with E-state index in [9.17, 15) is 0 Å². The Kier molecular flexibility index (Phi) is 5.08. The number of piperazine rings is 1. The fraction of sp³-hybridized carbons (Fsp3) is 0.812. The zero-order valence-electron chi connectivity index (χ0n) is 12.6. The van der Waals surface area contributed by atoms with E-state index in [1.54, 1.807) is 11.3 Å². The minimum atomic E-state index is 0.679. The van der Waals surface area contributed by atoms with E-state index in [1.807, 2.05) is 6.20 Å². The number of hydrogen-bond acceptors (Lipinski definition) is 4. The molecule has 2 atom stereocenters. The van der Waals surface area contributed by atoms with Crippen LogP contribution in [0.5, 0.6) is 0 Å². The van der Waals surface area contributed by atoms with Crippen molar-refractivity contribution in [2.45, 2.75) is 64.1 Å². The molecule has 1 N–H and O–H groups in total. The van der Waals surface area contributed by atoms with E-state index in [0.717, 1.165) is 19.0 Å². The van der Waals surface area contributed by atoms with Crippen LogP contribution in [0.4, 0.5) is 0 Å². The number of rotatable bonds is 4. The minimum absolute atomic E-state index is 0.679. The molecule has 0 bridgehead atoms. The van der Waals surface area contributed by atoms with Gasteiger partial charge < -0.3 is 5.32 Å². The van der Waals surface area contributed by atoms with Crippen LogP contribution in [0.2, 0.25) is 0 Å². The van der Waals surface area contributed by atoms with Crippen LogP contribution in [-0.2, 0) is 6.54 Å². The van der Waals surface area contributed by atoms with Gasteiger partial charge in [-0.05, 0) is 25.2 Å². The standard InChI is InChI=1S/C16H27N3S/c1-2-14-10-18-15(13-6-4-3-5-7-13)11-19(14)12-16-17-8-9-20-16/h8-9,13-15,18H,2-7,10-12H2,1H3. The molecule has 3 nitrogen and oxygen atoms in total. The molecule has 2 heterocycles. The maximum absolute atomic E-state index is 4.47. The first-order valence-corrected chi connectivity index (χ1v) is 9.10. The fourth-order valence-corrected chi connectivity index (χ4v) is 4.48. The van der Waals surface area contributed by atoms with Gasteiger partial charge in [0.2, 0.25) is 0 Å². The van der Waals surface area contributed by atoms with Crippen LogP contribution < -0.4 is 5.32 Å². The highest BCUT2D eigenvalue weighted by molar-refractivity contribution is 7.09. The SMILES string of the molecule is CCC1CNC(C2CCCCC2)CN1Cc1nccs1. The van der Waals surface area contributed by atoms with Crippen molar-refractivity contribution in [2.75, 3.05) is 13.1 Å². The molecule has 0 aromatic carbocycles. The van der Waals surface area contributed by atoms with Gasteiger partial charge >= 0.3 is 0 Å². The van der Waals surface area contributed by atoms with Crippen molar-refractivity contribution < 1.29 is 0 Å². The molecule has 4 heteroatoms. The largest absolute Gasteiger partial charge is 0.311 e. The highest BCUT2D eigenvalue weighted by Crippen LogP contribution is 2.29. The highest BCUT2D eigenvalue weighted by atomic mass is 32.1. The zero-order valence-corrected chi connectivity index (χ0v) is 13.4. The summed E-state index contributed by atoms with van der Waals surface area (Å²) in [6.07, 6.45) is 10.3. The Morgan fingerprint density at radius 3 is 2.90 bits per heavy atom. The molecule has 2 fully saturated rings. The van der Waals surface area contributed by atoms with Gasteiger partial charge in [-0.3, -0.25) is 4.90 Å². The molecule has 1 aliphatic heterocycles. The zero-order chi connectivity index (χ0) is 13.8. The van der Waals surface area contributed by atoms with Gasteiger partial charge in [-0.1, -0.05) is 26.2 Å². The van der Waals surface area contributed by atoms with Crippen LogP contribution in [0, 0.1) is 5.92 Å². The number of thiazole rings is 1. The summed E-state index contributed by atoms with van der Waals surface area (Å²) >= 11 is 1.79. The molecular formula is C16H27N3S. The second-order valence-electron chi connectivity index (χ2n) is 6.33. The molecule has 2 aliphatic rings. The lowest BCUT2D eigenvalue weighted by atomic mass is 9.82. The lowest BCUT2D eigenvalue weighted by Crippen LogP contribution is -2.58. The van der Waals surface area contributed by atoms with E-state index < -0.39 is 0 Å². The summed E-state index contributed by atoms with van der Waals surface area (Å²) in [5.41, 5.74) is 0. The minimum Gasteiger partial charge on any atom is -0.311 e. The summed E-state index contributed by atoms with van der Waals surface area (Å²) in [6.45, 7) is 5.72. The predicted octanol–water partition coefficient (Wildman–Crippen LogP) is 3.28. The van der Waals surface area contributed by atoms with Crippen LogP contribution in [0.25, 0.3) is 0 Å². The second-order valence-corrected chi connectivity index (χ2v) is 7.31. The molecule has 0 radical (unpaired) electrons. The molecule has 1 saturated heterocycles. The third-order valence-electron chi connectivity index (χ3n) is 5.08. The molecule has 1 aromatic heterocycles. The van der Waals surface area contributed by atoms with Gasteiger partial charge in [0, 0.05) is 36.8 Å². The quantitative estimate of drug-likeness (QED) is 0.923. The van der Waals surface area contributed by atoms with Crippen LogP contribution >= 0.6 is 11.3 Å². The van der Waals surface area contributed by atoms with Crippen molar-refractivity contribution >= 4 is 11.3 Å². The van der Waals surface area contributed by atoms with Gasteiger partial charge in [-0.2, -0.15) is 0 Å². The second kappa shape index (κ2) is 7.01. The molecule has 2 unspecified atom stereocenters. The molecule has 0 spiro atoms. The van der Waals surface area contributed by atoms with E-state index in [4.69, 9.17) is 0 Å². The molecule has 1 aliphatic carbocycles. The van der Waals surface area contributed by atoms with E-state index in [0.29, 0.717) is 12.1 Å². The molecule has 20 heavy (non-hydrogen) atoms. The Morgan fingerprint density at radius 1 is 1.35 bits per heavy atom. The Labute approximate surface area is 126 Å². The van der Waals surface area contributed by atoms with E-state index >= 15 is 0 Å². The summed E-state index contributed by atoms with van der Waals surface area (Å²) in [5.74, 6) is 0.903. The van der Waals surface area contributed by atoms with E-state index in [-0.39, 0.29) is 0 Å².